The third kappa shape index (κ3) is 3.39. The molecule has 2 rings (SSSR count). The van der Waals surface area contributed by atoms with Crippen molar-refractivity contribution in [3.05, 3.63) is 18.6 Å². The smallest absolute Gasteiger partial charge is 0.180 e. The van der Waals surface area contributed by atoms with Crippen LogP contribution in [0.3, 0.4) is 0 Å². The Morgan fingerprint density at radius 2 is 2.10 bits per heavy atom. The number of nitrogens with one attached hydrogen (secondary N) is 2. The first kappa shape index (κ1) is 14.6. The summed E-state index contributed by atoms with van der Waals surface area (Å²) >= 11 is 0. The van der Waals surface area contributed by atoms with Crippen LogP contribution in [-0.4, -0.2) is 52.5 Å². The number of hydrogen-bond donors (Lipinski definition) is 2. The van der Waals surface area contributed by atoms with Crippen LogP contribution >= 0.6 is 0 Å². The summed E-state index contributed by atoms with van der Waals surface area (Å²) in [7, 11) is 1.87. The quantitative estimate of drug-likeness (QED) is 0.721. The maximum atomic E-state index is 4.53. The Kier molecular flexibility index (Phi) is 5.17. The number of rotatable bonds is 8. The lowest BCUT2D eigenvalue weighted by atomic mass is 10.3. The van der Waals surface area contributed by atoms with E-state index in [1.165, 1.54) is 0 Å². The zero-order chi connectivity index (χ0) is 14.4. The van der Waals surface area contributed by atoms with Crippen molar-refractivity contribution in [2.45, 2.75) is 20.3 Å². The van der Waals surface area contributed by atoms with Crippen molar-refractivity contribution in [1.29, 1.82) is 0 Å². The van der Waals surface area contributed by atoms with Crippen LogP contribution in [0.2, 0.25) is 0 Å². The fraction of sp³-hybridized carbons (Fsp3) is 0.571. The van der Waals surface area contributed by atoms with E-state index in [1.807, 2.05) is 23.8 Å². The Hall–Kier alpha value is -1.82. The summed E-state index contributed by atoms with van der Waals surface area (Å²) in [5.41, 5.74) is 0.867. The van der Waals surface area contributed by atoms with E-state index in [9.17, 15) is 0 Å². The van der Waals surface area contributed by atoms with Crippen LogP contribution in [-0.2, 0) is 0 Å². The lowest BCUT2D eigenvalue weighted by Crippen LogP contribution is -2.25. The number of hydrogen-bond acceptors (Lipinski definition) is 5. The summed E-state index contributed by atoms with van der Waals surface area (Å²) < 4.78 is 1.98. The van der Waals surface area contributed by atoms with Crippen LogP contribution in [0, 0.1) is 0 Å². The third-order valence-electron chi connectivity index (χ3n) is 3.47. The molecule has 0 fully saturated rings. The van der Waals surface area contributed by atoms with Gasteiger partial charge in [0.2, 0.25) is 0 Å². The van der Waals surface area contributed by atoms with Crippen LogP contribution in [0.15, 0.2) is 18.6 Å². The number of anilines is 2. The molecule has 0 aliphatic heterocycles. The fourth-order valence-electron chi connectivity index (χ4n) is 2.22. The number of aromatic nitrogens is 3. The molecule has 110 valence electrons. The summed E-state index contributed by atoms with van der Waals surface area (Å²) in [5, 5.41) is 6.46. The van der Waals surface area contributed by atoms with Crippen LogP contribution in [0.5, 0.6) is 0 Å². The van der Waals surface area contributed by atoms with Gasteiger partial charge in [-0.2, -0.15) is 0 Å². The lowest BCUT2D eigenvalue weighted by molar-refractivity contribution is 0.303. The lowest BCUT2D eigenvalue weighted by Gasteiger charge is -2.18. The Morgan fingerprint density at radius 1 is 1.30 bits per heavy atom. The second kappa shape index (κ2) is 7.09. The summed E-state index contributed by atoms with van der Waals surface area (Å²) in [5.74, 6) is 1.67. The summed E-state index contributed by atoms with van der Waals surface area (Å²) in [6.07, 6.45) is 6.75. The Bertz CT molecular complexity index is 531. The molecule has 0 aliphatic carbocycles. The molecule has 0 saturated heterocycles. The van der Waals surface area contributed by atoms with Gasteiger partial charge in [0.1, 0.15) is 5.82 Å². The van der Waals surface area contributed by atoms with Crippen molar-refractivity contribution in [2.75, 3.05) is 43.9 Å². The summed E-state index contributed by atoms with van der Waals surface area (Å²) in [6, 6.07) is 0. The number of imidazole rings is 1. The molecule has 2 aromatic heterocycles. The minimum Gasteiger partial charge on any atom is -0.372 e. The van der Waals surface area contributed by atoms with E-state index in [0.717, 1.165) is 49.9 Å². The normalized spacial score (nSPS) is 11.2. The van der Waals surface area contributed by atoms with E-state index >= 15 is 0 Å². The first-order valence-corrected chi connectivity index (χ1v) is 7.26. The molecule has 0 aromatic carbocycles. The van der Waals surface area contributed by atoms with Crippen molar-refractivity contribution in [3.8, 4) is 0 Å². The predicted molar refractivity (Wildman–Crippen MR) is 83.4 cm³/mol. The number of nitrogens with zero attached hydrogens (tertiary/aromatic N) is 4. The van der Waals surface area contributed by atoms with Gasteiger partial charge in [-0.3, -0.25) is 0 Å². The highest BCUT2D eigenvalue weighted by Crippen LogP contribution is 2.15. The van der Waals surface area contributed by atoms with E-state index in [1.54, 1.807) is 6.20 Å². The molecule has 0 amide bonds. The highest BCUT2D eigenvalue weighted by molar-refractivity contribution is 5.65. The van der Waals surface area contributed by atoms with Crippen LogP contribution in [0.25, 0.3) is 5.65 Å². The molecule has 0 bridgehead atoms. The van der Waals surface area contributed by atoms with Gasteiger partial charge >= 0.3 is 0 Å². The largest absolute Gasteiger partial charge is 0.372 e. The van der Waals surface area contributed by atoms with Crippen LogP contribution in [0.1, 0.15) is 20.3 Å². The Labute approximate surface area is 120 Å². The molecule has 0 aliphatic rings. The van der Waals surface area contributed by atoms with Gasteiger partial charge in [-0.25, -0.2) is 9.97 Å². The zero-order valence-electron chi connectivity index (χ0n) is 12.6. The average molecular weight is 276 g/mol. The minimum absolute atomic E-state index is 0.835. The molecular weight excluding hydrogens is 252 g/mol. The molecule has 0 unspecified atom stereocenters. The predicted octanol–water partition coefficient (Wildman–Crippen LogP) is 1.91. The molecule has 6 nitrogen and oxygen atoms in total. The third-order valence-corrected chi connectivity index (χ3v) is 3.47. The molecule has 2 aromatic rings. The Balaban J connectivity index is 1.97. The monoisotopic (exact) mass is 276 g/mol. The van der Waals surface area contributed by atoms with Crippen molar-refractivity contribution in [2.24, 2.45) is 0 Å². The first-order chi connectivity index (χ1) is 9.78. The SMILES string of the molecule is CCN(CC)CCCNc1nc(NC)cn2ccnc12. The number of fused-ring (bicyclic) bond motifs is 1. The molecular formula is C14H24N6. The maximum absolute atomic E-state index is 4.53. The highest BCUT2D eigenvalue weighted by atomic mass is 15.1. The second-order valence-electron chi connectivity index (χ2n) is 4.69. The molecule has 0 atom stereocenters. The van der Waals surface area contributed by atoms with E-state index in [4.69, 9.17) is 0 Å². The summed E-state index contributed by atoms with van der Waals surface area (Å²) in [6.45, 7) is 8.62. The van der Waals surface area contributed by atoms with Gasteiger partial charge in [0.25, 0.3) is 0 Å². The van der Waals surface area contributed by atoms with Crippen molar-refractivity contribution in [3.63, 3.8) is 0 Å². The highest BCUT2D eigenvalue weighted by Gasteiger charge is 2.06. The summed E-state index contributed by atoms with van der Waals surface area (Å²) in [4.78, 5) is 11.3. The van der Waals surface area contributed by atoms with Gasteiger partial charge < -0.3 is 19.9 Å². The molecule has 0 saturated carbocycles. The van der Waals surface area contributed by atoms with E-state index in [2.05, 4.69) is 39.3 Å². The minimum atomic E-state index is 0.835. The standard InChI is InChI=1S/C14H24N6/c1-4-19(5-2)9-6-7-16-13-14-17-8-10-20(14)11-12(15-3)18-13/h8,10-11,15H,4-7,9H2,1-3H3,(H,16,18). The topological polar surface area (TPSA) is 57.5 Å². The van der Waals surface area contributed by atoms with Crippen molar-refractivity contribution >= 4 is 17.3 Å². The molecule has 0 spiro atoms. The van der Waals surface area contributed by atoms with Gasteiger partial charge in [0.05, 0.1) is 6.20 Å². The van der Waals surface area contributed by atoms with E-state index in [0.29, 0.717) is 0 Å². The molecule has 2 heterocycles. The molecule has 2 N–H and O–H groups in total. The van der Waals surface area contributed by atoms with Gasteiger partial charge in [-0.1, -0.05) is 13.8 Å². The van der Waals surface area contributed by atoms with Crippen LogP contribution < -0.4 is 10.6 Å². The molecule has 6 heteroatoms. The van der Waals surface area contributed by atoms with E-state index in [-0.39, 0.29) is 0 Å². The molecule has 20 heavy (non-hydrogen) atoms. The fourth-order valence-corrected chi connectivity index (χ4v) is 2.22. The first-order valence-electron chi connectivity index (χ1n) is 7.26. The Morgan fingerprint density at radius 3 is 2.80 bits per heavy atom. The van der Waals surface area contributed by atoms with Gasteiger partial charge in [0.15, 0.2) is 11.5 Å². The van der Waals surface area contributed by atoms with Crippen molar-refractivity contribution < 1.29 is 0 Å². The van der Waals surface area contributed by atoms with E-state index < -0.39 is 0 Å². The van der Waals surface area contributed by atoms with Crippen molar-refractivity contribution in [1.82, 2.24) is 19.3 Å². The average Bonchev–Trinajstić information content (AvgIpc) is 2.95. The van der Waals surface area contributed by atoms with Crippen LogP contribution in [0.4, 0.5) is 11.6 Å². The van der Waals surface area contributed by atoms with Gasteiger partial charge in [0, 0.05) is 26.0 Å². The van der Waals surface area contributed by atoms with Gasteiger partial charge in [-0.15, -0.1) is 0 Å². The molecule has 0 radical (unpaired) electrons. The van der Waals surface area contributed by atoms with Gasteiger partial charge in [-0.05, 0) is 26.1 Å². The second-order valence-corrected chi connectivity index (χ2v) is 4.69. The zero-order valence-corrected chi connectivity index (χ0v) is 12.6. The maximum Gasteiger partial charge on any atom is 0.180 e.